The van der Waals surface area contributed by atoms with Crippen LogP contribution < -0.4 is 5.32 Å². The van der Waals surface area contributed by atoms with E-state index in [0.717, 1.165) is 22.4 Å². The molecular weight excluding hydrogens is 288 g/mol. The first-order valence-corrected chi connectivity index (χ1v) is 7.73. The number of aryl methyl sites for hydroxylation is 1. The Morgan fingerprint density at radius 3 is 2.90 bits per heavy atom. The first kappa shape index (κ1) is 13.4. The number of rotatable bonds is 3. The number of aromatic nitrogens is 1. The van der Waals surface area contributed by atoms with Crippen LogP contribution in [0.25, 0.3) is 10.2 Å². The first-order chi connectivity index (χ1) is 9.66. The molecule has 1 heterocycles. The molecule has 102 valence electrons. The second kappa shape index (κ2) is 5.43. The highest BCUT2D eigenvalue weighted by atomic mass is 35.5. The number of nitrogens with one attached hydrogen (secondary N) is 1. The lowest BCUT2D eigenvalue weighted by Crippen LogP contribution is -2.03. The van der Waals surface area contributed by atoms with Crippen molar-refractivity contribution in [2.75, 3.05) is 5.32 Å². The van der Waals surface area contributed by atoms with Gasteiger partial charge >= 0.3 is 0 Å². The van der Waals surface area contributed by atoms with Crippen molar-refractivity contribution in [3.05, 3.63) is 57.6 Å². The monoisotopic (exact) mass is 302 g/mol. The molecule has 3 aromatic rings. The SMILES string of the molecule is Cc1cccc(CNc2c(Cl)ccc3scnc23)c1C. The third-order valence-electron chi connectivity index (χ3n) is 3.62. The second-order valence-corrected chi connectivity index (χ2v) is 6.13. The van der Waals surface area contributed by atoms with Gasteiger partial charge in [0.15, 0.2) is 0 Å². The zero-order chi connectivity index (χ0) is 14.1. The number of fused-ring (bicyclic) bond motifs is 1. The lowest BCUT2D eigenvalue weighted by atomic mass is 10.0. The molecule has 0 saturated carbocycles. The molecule has 0 aliphatic rings. The average Bonchev–Trinajstić information content (AvgIpc) is 2.90. The van der Waals surface area contributed by atoms with Crippen molar-refractivity contribution in [1.29, 1.82) is 0 Å². The number of hydrogen-bond acceptors (Lipinski definition) is 3. The van der Waals surface area contributed by atoms with Gasteiger partial charge in [0.25, 0.3) is 0 Å². The predicted octanol–water partition coefficient (Wildman–Crippen LogP) is 5.18. The van der Waals surface area contributed by atoms with Crippen LogP contribution >= 0.6 is 22.9 Å². The summed E-state index contributed by atoms with van der Waals surface area (Å²) in [7, 11) is 0. The number of thiazole rings is 1. The summed E-state index contributed by atoms with van der Waals surface area (Å²) in [5.74, 6) is 0. The molecule has 0 unspecified atom stereocenters. The smallest absolute Gasteiger partial charge is 0.106 e. The summed E-state index contributed by atoms with van der Waals surface area (Å²) in [6.07, 6.45) is 0. The van der Waals surface area contributed by atoms with Gasteiger partial charge in [0.05, 0.1) is 20.9 Å². The van der Waals surface area contributed by atoms with Crippen LogP contribution in [0.1, 0.15) is 16.7 Å². The molecule has 0 aliphatic carbocycles. The highest BCUT2D eigenvalue weighted by molar-refractivity contribution is 7.16. The van der Waals surface area contributed by atoms with Gasteiger partial charge in [0.1, 0.15) is 5.52 Å². The van der Waals surface area contributed by atoms with Crippen LogP contribution in [-0.4, -0.2) is 4.98 Å². The van der Waals surface area contributed by atoms with E-state index in [4.69, 9.17) is 11.6 Å². The van der Waals surface area contributed by atoms with Crippen LogP contribution in [0.4, 0.5) is 5.69 Å². The molecule has 0 radical (unpaired) electrons. The summed E-state index contributed by atoms with van der Waals surface area (Å²) >= 11 is 7.93. The van der Waals surface area contributed by atoms with Crippen molar-refractivity contribution >= 4 is 38.8 Å². The fourth-order valence-corrected chi connectivity index (χ4v) is 3.17. The lowest BCUT2D eigenvalue weighted by molar-refractivity contribution is 1.11. The molecule has 3 rings (SSSR count). The van der Waals surface area contributed by atoms with Crippen LogP contribution in [0.5, 0.6) is 0 Å². The number of nitrogens with zero attached hydrogens (tertiary/aromatic N) is 1. The Morgan fingerprint density at radius 2 is 2.05 bits per heavy atom. The molecule has 0 bridgehead atoms. The normalized spacial score (nSPS) is 10.9. The van der Waals surface area contributed by atoms with Gasteiger partial charge in [0.2, 0.25) is 0 Å². The number of halogens is 1. The molecular formula is C16H15ClN2S. The summed E-state index contributed by atoms with van der Waals surface area (Å²) in [6.45, 7) is 5.04. The van der Waals surface area contributed by atoms with E-state index in [1.54, 1.807) is 11.3 Å². The van der Waals surface area contributed by atoms with Gasteiger partial charge in [-0.2, -0.15) is 0 Å². The zero-order valence-electron chi connectivity index (χ0n) is 11.4. The van der Waals surface area contributed by atoms with Crippen molar-refractivity contribution < 1.29 is 0 Å². The van der Waals surface area contributed by atoms with E-state index >= 15 is 0 Å². The molecule has 4 heteroatoms. The van der Waals surface area contributed by atoms with Crippen LogP contribution in [0.15, 0.2) is 35.8 Å². The molecule has 0 amide bonds. The topological polar surface area (TPSA) is 24.9 Å². The molecule has 2 nitrogen and oxygen atoms in total. The van der Waals surface area contributed by atoms with E-state index < -0.39 is 0 Å². The molecule has 0 saturated heterocycles. The molecule has 2 aromatic carbocycles. The van der Waals surface area contributed by atoms with E-state index in [0.29, 0.717) is 5.02 Å². The zero-order valence-corrected chi connectivity index (χ0v) is 13.0. The van der Waals surface area contributed by atoms with Gasteiger partial charge in [-0.25, -0.2) is 4.98 Å². The van der Waals surface area contributed by atoms with Crippen molar-refractivity contribution in [2.45, 2.75) is 20.4 Å². The van der Waals surface area contributed by atoms with E-state index in [1.807, 2.05) is 17.6 Å². The number of benzene rings is 2. The van der Waals surface area contributed by atoms with E-state index in [9.17, 15) is 0 Å². The highest BCUT2D eigenvalue weighted by Crippen LogP contribution is 2.32. The van der Waals surface area contributed by atoms with Crippen molar-refractivity contribution in [1.82, 2.24) is 4.98 Å². The minimum absolute atomic E-state index is 0.716. The summed E-state index contributed by atoms with van der Waals surface area (Å²) < 4.78 is 1.15. The van der Waals surface area contributed by atoms with Crippen molar-refractivity contribution in [2.24, 2.45) is 0 Å². The number of hydrogen-bond donors (Lipinski definition) is 1. The molecule has 0 atom stereocenters. The van der Waals surface area contributed by atoms with Gasteiger partial charge in [-0.1, -0.05) is 29.8 Å². The third kappa shape index (κ3) is 2.39. The Bertz CT molecular complexity index is 764. The Kier molecular flexibility index (Phi) is 3.64. The molecule has 1 aromatic heterocycles. The Morgan fingerprint density at radius 1 is 1.20 bits per heavy atom. The van der Waals surface area contributed by atoms with E-state index in [1.165, 1.54) is 16.7 Å². The molecule has 20 heavy (non-hydrogen) atoms. The molecule has 1 N–H and O–H groups in total. The Balaban J connectivity index is 1.92. The minimum Gasteiger partial charge on any atom is -0.378 e. The second-order valence-electron chi connectivity index (χ2n) is 4.83. The summed E-state index contributed by atoms with van der Waals surface area (Å²) in [5.41, 5.74) is 7.64. The molecule has 0 spiro atoms. The van der Waals surface area contributed by atoms with Crippen LogP contribution in [0.3, 0.4) is 0 Å². The predicted molar refractivity (Wildman–Crippen MR) is 87.9 cm³/mol. The van der Waals surface area contributed by atoms with Crippen LogP contribution in [0, 0.1) is 13.8 Å². The Labute approximate surface area is 127 Å². The summed E-state index contributed by atoms with van der Waals surface area (Å²) in [4.78, 5) is 4.40. The molecule has 0 fully saturated rings. The van der Waals surface area contributed by atoms with E-state index in [2.05, 4.69) is 42.3 Å². The maximum atomic E-state index is 6.30. The van der Waals surface area contributed by atoms with Crippen molar-refractivity contribution in [3.8, 4) is 0 Å². The fourth-order valence-electron chi connectivity index (χ4n) is 2.26. The maximum absolute atomic E-state index is 6.30. The van der Waals surface area contributed by atoms with E-state index in [-0.39, 0.29) is 0 Å². The quantitative estimate of drug-likeness (QED) is 0.721. The lowest BCUT2D eigenvalue weighted by Gasteiger charge is -2.12. The standard InChI is InChI=1S/C16H15ClN2S/c1-10-4-3-5-12(11(10)2)8-18-15-13(17)6-7-14-16(15)19-9-20-14/h3-7,9,18H,8H2,1-2H3. The van der Waals surface area contributed by atoms with Crippen molar-refractivity contribution in [3.63, 3.8) is 0 Å². The molecule has 0 aliphatic heterocycles. The maximum Gasteiger partial charge on any atom is 0.106 e. The van der Waals surface area contributed by atoms with Gasteiger partial charge in [-0.05, 0) is 42.7 Å². The fraction of sp³-hybridized carbons (Fsp3) is 0.188. The third-order valence-corrected chi connectivity index (χ3v) is 4.73. The minimum atomic E-state index is 0.716. The number of anilines is 1. The largest absolute Gasteiger partial charge is 0.378 e. The highest BCUT2D eigenvalue weighted by Gasteiger charge is 2.09. The Hall–Kier alpha value is -1.58. The van der Waals surface area contributed by atoms with Gasteiger partial charge < -0.3 is 5.32 Å². The van der Waals surface area contributed by atoms with Gasteiger partial charge in [0, 0.05) is 6.54 Å². The van der Waals surface area contributed by atoms with Crippen LogP contribution in [-0.2, 0) is 6.54 Å². The average molecular weight is 303 g/mol. The summed E-state index contributed by atoms with van der Waals surface area (Å²) in [5, 5.41) is 4.16. The van der Waals surface area contributed by atoms with Crippen LogP contribution in [0.2, 0.25) is 5.02 Å². The summed E-state index contributed by atoms with van der Waals surface area (Å²) in [6, 6.07) is 10.3. The first-order valence-electron chi connectivity index (χ1n) is 6.47. The van der Waals surface area contributed by atoms with Gasteiger partial charge in [-0.3, -0.25) is 0 Å². The van der Waals surface area contributed by atoms with Gasteiger partial charge in [-0.15, -0.1) is 11.3 Å².